The summed E-state index contributed by atoms with van der Waals surface area (Å²) in [4.78, 5) is 12.3. The van der Waals surface area contributed by atoms with Crippen molar-refractivity contribution in [1.82, 2.24) is 15.1 Å². The predicted molar refractivity (Wildman–Crippen MR) is 82.3 cm³/mol. The highest BCUT2D eigenvalue weighted by molar-refractivity contribution is 5.92. The summed E-state index contributed by atoms with van der Waals surface area (Å²) in [5.74, 6) is -0.482. The highest BCUT2D eigenvalue weighted by Gasteiger charge is 2.24. The van der Waals surface area contributed by atoms with Gasteiger partial charge in [0, 0.05) is 30.0 Å². The minimum atomic E-state index is -0.417. The highest BCUT2D eigenvalue weighted by Crippen LogP contribution is 2.21. The summed E-state index contributed by atoms with van der Waals surface area (Å²) in [7, 11) is 0. The number of aromatic nitrogens is 2. The van der Waals surface area contributed by atoms with Gasteiger partial charge in [0.2, 0.25) is 5.91 Å². The average molecular weight is 302 g/mol. The molecule has 1 aliphatic heterocycles. The Morgan fingerprint density at radius 1 is 1.50 bits per heavy atom. The van der Waals surface area contributed by atoms with Crippen LogP contribution in [0.3, 0.4) is 0 Å². The Kier molecular flexibility index (Phi) is 4.20. The summed E-state index contributed by atoms with van der Waals surface area (Å²) in [6.45, 7) is 2.91. The molecule has 2 N–H and O–H groups in total. The second kappa shape index (κ2) is 6.27. The number of rotatable bonds is 3. The van der Waals surface area contributed by atoms with E-state index in [0.29, 0.717) is 17.4 Å². The van der Waals surface area contributed by atoms with Crippen LogP contribution in [-0.2, 0) is 4.79 Å². The third-order valence-corrected chi connectivity index (χ3v) is 3.96. The molecule has 116 valence electrons. The van der Waals surface area contributed by atoms with Crippen molar-refractivity contribution >= 4 is 11.6 Å². The quantitative estimate of drug-likeness (QED) is 0.915. The van der Waals surface area contributed by atoms with E-state index in [1.807, 2.05) is 0 Å². The Balaban J connectivity index is 1.70. The maximum atomic E-state index is 14.1. The molecule has 0 unspecified atom stereocenters. The third kappa shape index (κ3) is 3.17. The molecule has 5 nitrogen and oxygen atoms in total. The largest absolute Gasteiger partial charge is 0.326 e. The fourth-order valence-corrected chi connectivity index (χ4v) is 2.80. The van der Waals surface area contributed by atoms with Crippen LogP contribution in [-0.4, -0.2) is 28.3 Å². The number of benzene rings is 1. The van der Waals surface area contributed by atoms with Gasteiger partial charge in [0.1, 0.15) is 5.69 Å². The van der Waals surface area contributed by atoms with Crippen molar-refractivity contribution in [1.29, 1.82) is 0 Å². The number of amides is 1. The molecule has 1 aromatic carbocycles. The number of nitrogens with zero attached hydrogens (tertiary/aromatic N) is 2. The van der Waals surface area contributed by atoms with E-state index in [9.17, 15) is 9.18 Å². The number of halogens is 1. The molecule has 0 spiro atoms. The fraction of sp³-hybridized carbons (Fsp3) is 0.375. The van der Waals surface area contributed by atoms with E-state index in [1.54, 1.807) is 30.6 Å². The summed E-state index contributed by atoms with van der Waals surface area (Å²) in [5.41, 5.74) is 0.836. The Morgan fingerprint density at radius 2 is 2.36 bits per heavy atom. The zero-order chi connectivity index (χ0) is 15.5. The van der Waals surface area contributed by atoms with Crippen LogP contribution in [0.2, 0.25) is 0 Å². The van der Waals surface area contributed by atoms with Crippen LogP contribution in [0.1, 0.15) is 19.8 Å². The van der Waals surface area contributed by atoms with Crippen LogP contribution >= 0.6 is 0 Å². The van der Waals surface area contributed by atoms with Gasteiger partial charge in [0.25, 0.3) is 0 Å². The van der Waals surface area contributed by atoms with E-state index in [0.717, 1.165) is 19.4 Å². The van der Waals surface area contributed by atoms with Crippen molar-refractivity contribution in [2.45, 2.75) is 25.8 Å². The van der Waals surface area contributed by atoms with E-state index in [2.05, 4.69) is 22.7 Å². The molecule has 0 radical (unpaired) electrons. The zero-order valence-electron chi connectivity index (χ0n) is 12.4. The minimum Gasteiger partial charge on any atom is -0.326 e. The summed E-state index contributed by atoms with van der Waals surface area (Å²) < 4.78 is 15.6. The maximum absolute atomic E-state index is 14.1. The molecule has 0 bridgehead atoms. The van der Waals surface area contributed by atoms with E-state index in [4.69, 9.17) is 0 Å². The SMILES string of the molecule is C[C@H]1C[C@@H](C(=O)Nc2ccc(-n3cccn3)c(F)c2)CCN1. The summed E-state index contributed by atoms with van der Waals surface area (Å²) >= 11 is 0. The molecule has 1 fully saturated rings. The van der Waals surface area contributed by atoms with Crippen molar-refractivity contribution in [3.63, 3.8) is 0 Å². The van der Waals surface area contributed by atoms with Crippen LogP contribution in [0.15, 0.2) is 36.7 Å². The van der Waals surface area contributed by atoms with Crippen LogP contribution in [0.5, 0.6) is 0 Å². The number of carbonyl (C=O) groups excluding carboxylic acids is 1. The van der Waals surface area contributed by atoms with Crippen molar-refractivity contribution < 1.29 is 9.18 Å². The zero-order valence-corrected chi connectivity index (χ0v) is 12.4. The van der Waals surface area contributed by atoms with Crippen LogP contribution in [0.25, 0.3) is 5.69 Å². The van der Waals surface area contributed by atoms with Crippen molar-refractivity contribution in [3.8, 4) is 5.69 Å². The molecule has 2 heterocycles. The van der Waals surface area contributed by atoms with Gasteiger partial charge in [-0.25, -0.2) is 9.07 Å². The summed E-state index contributed by atoms with van der Waals surface area (Å²) in [6, 6.07) is 6.71. The summed E-state index contributed by atoms with van der Waals surface area (Å²) in [5, 5.41) is 10.1. The molecule has 2 atom stereocenters. The molecule has 3 rings (SSSR count). The van der Waals surface area contributed by atoms with E-state index in [1.165, 1.54) is 10.7 Å². The van der Waals surface area contributed by atoms with Gasteiger partial charge in [-0.3, -0.25) is 4.79 Å². The topological polar surface area (TPSA) is 59.0 Å². The van der Waals surface area contributed by atoms with Gasteiger partial charge in [0.15, 0.2) is 5.82 Å². The standard InChI is InChI=1S/C16H19FN4O/c1-11-9-12(5-7-18-11)16(22)20-13-3-4-15(14(17)10-13)21-8-2-6-19-21/h2-4,6,8,10-12,18H,5,7,9H2,1H3,(H,20,22)/t11-,12-/m0/s1. The van der Waals surface area contributed by atoms with Crippen LogP contribution in [0, 0.1) is 11.7 Å². The Bertz CT molecular complexity index is 656. The van der Waals surface area contributed by atoms with E-state index in [-0.39, 0.29) is 11.8 Å². The fourth-order valence-electron chi connectivity index (χ4n) is 2.80. The smallest absolute Gasteiger partial charge is 0.227 e. The first-order valence-electron chi connectivity index (χ1n) is 7.47. The molecular weight excluding hydrogens is 283 g/mol. The molecule has 2 aromatic rings. The number of nitrogens with one attached hydrogen (secondary N) is 2. The van der Waals surface area contributed by atoms with Gasteiger partial charge >= 0.3 is 0 Å². The number of piperidine rings is 1. The lowest BCUT2D eigenvalue weighted by molar-refractivity contribution is -0.120. The predicted octanol–water partition coefficient (Wildman–Crippen LogP) is 2.34. The lowest BCUT2D eigenvalue weighted by Gasteiger charge is -2.27. The number of carbonyl (C=O) groups is 1. The Labute approximate surface area is 128 Å². The number of hydrogen-bond acceptors (Lipinski definition) is 3. The Morgan fingerprint density at radius 3 is 3.05 bits per heavy atom. The number of hydrogen-bond donors (Lipinski definition) is 2. The molecule has 1 saturated heterocycles. The minimum absolute atomic E-state index is 0.0231. The molecule has 1 amide bonds. The first-order chi connectivity index (χ1) is 10.6. The second-order valence-electron chi connectivity index (χ2n) is 5.68. The molecular formula is C16H19FN4O. The van der Waals surface area contributed by atoms with Gasteiger partial charge < -0.3 is 10.6 Å². The molecule has 22 heavy (non-hydrogen) atoms. The molecule has 0 saturated carbocycles. The first kappa shape index (κ1) is 14.7. The monoisotopic (exact) mass is 302 g/mol. The van der Waals surface area contributed by atoms with Gasteiger partial charge in [-0.15, -0.1) is 0 Å². The van der Waals surface area contributed by atoms with Gasteiger partial charge in [-0.1, -0.05) is 0 Å². The molecule has 1 aromatic heterocycles. The third-order valence-electron chi connectivity index (χ3n) is 3.96. The highest BCUT2D eigenvalue weighted by atomic mass is 19.1. The van der Waals surface area contributed by atoms with Crippen molar-refractivity contribution in [2.75, 3.05) is 11.9 Å². The maximum Gasteiger partial charge on any atom is 0.227 e. The van der Waals surface area contributed by atoms with Crippen LogP contribution < -0.4 is 10.6 Å². The first-order valence-corrected chi connectivity index (χ1v) is 7.47. The normalized spacial score (nSPS) is 21.5. The lowest BCUT2D eigenvalue weighted by Crippen LogP contribution is -2.40. The molecule has 0 aliphatic carbocycles. The number of anilines is 1. The van der Waals surface area contributed by atoms with E-state index >= 15 is 0 Å². The van der Waals surface area contributed by atoms with Gasteiger partial charge in [-0.2, -0.15) is 5.10 Å². The van der Waals surface area contributed by atoms with Crippen molar-refractivity contribution in [3.05, 3.63) is 42.5 Å². The van der Waals surface area contributed by atoms with Gasteiger partial charge in [-0.05, 0) is 50.6 Å². The van der Waals surface area contributed by atoms with Gasteiger partial charge in [0.05, 0.1) is 0 Å². The molecule has 6 heteroatoms. The second-order valence-corrected chi connectivity index (χ2v) is 5.68. The lowest BCUT2D eigenvalue weighted by atomic mass is 9.92. The van der Waals surface area contributed by atoms with Crippen LogP contribution in [0.4, 0.5) is 10.1 Å². The van der Waals surface area contributed by atoms with E-state index < -0.39 is 5.82 Å². The summed E-state index contributed by atoms with van der Waals surface area (Å²) in [6.07, 6.45) is 4.88. The average Bonchev–Trinajstić information content (AvgIpc) is 3.01. The molecule has 1 aliphatic rings. The Hall–Kier alpha value is -2.21. The van der Waals surface area contributed by atoms with Crippen molar-refractivity contribution in [2.24, 2.45) is 5.92 Å².